The predicted octanol–water partition coefficient (Wildman–Crippen LogP) is 5.04. The zero-order valence-corrected chi connectivity index (χ0v) is 24.1. The summed E-state index contributed by atoms with van der Waals surface area (Å²) in [6, 6.07) is 14.1. The molecule has 10 nitrogen and oxygen atoms in total. The number of sulfonamides is 1. The molecule has 2 aliphatic rings. The van der Waals surface area contributed by atoms with Gasteiger partial charge in [-0.2, -0.15) is 9.41 Å². The number of carbonyl (C=O) groups is 2. The minimum Gasteiger partial charge on any atom is -0.496 e. The maximum Gasteiger partial charge on any atom is 0.342 e. The number of hydrazone groups is 1. The number of rotatable bonds is 8. The van der Waals surface area contributed by atoms with E-state index in [1.54, 1.807) is 24.3 Å². The number of ether oxygens (including phenoxy) is 2. The van der Waals surface area contributed by atoms with E-state index in [2.05, 4.69) is 5.10 Å². The number of benzene rings is 2. The molecule has 0 saturated carbocycles. The van der Waals surface area contributed by atoms with E-state index in [-0.39, 0.29) is 16.2 Å². The molecule has 5 rings (SSSR count). The van der Waals surface area contributed by atoms with Crippen molar-refractivity contribution in [2.45, 2.75) is 43.0 Å². The largest absolute Gasteiger partial charge is 0.496 e. The number of carbonyl (C=O) groups excluding carboxylic acids is 2. The Morgan fingerprint density at radius 3 is 2.44 bits per heavy atom. The molecule has 1 atom stereocenters. The predicted molar refractivity (Wildman–Crippen MR) is 151 cm³/mol. The molecule has 3 heterocycles. The zero-order valence-electron chi connectivity index (χ0n) is 22.5. The van der Waals surface area contributed by atoms with E-state index in [1.165, 1.54) is 40.9 Å². The standard InChI is InChI=1S/C29H30ClN3O7S/c1-38-26-13-12-22(41(36,37)32-14-4-2-3-5-15-32)17-23(26)29(35)40-19-28(34)33-25(27-7-6-16-39-27)18-24(31-33)20-8-10-21(30)11-9-20/h6-13,16-17,25H,2-5,14-15,18-19H2,1H3. The summed E-state index contributed by atoms with van der Waals surface area (Å²) in [6.07, 6.45) is 5.41. The topological polar surface area (TPSA) is 119 Å². The van der Waals surface area contributed by atoms with Crippen molar-refractivity contribution < 1.29 is 31.9 Å². The van der Waals surface area contributed by atoms with Crippen LogP contribution in [0.5, 0.6) is 5.75 Å². The highest BCUT2D eigenvalue weighted by molar-refractivity contribution is 7.89. The number of halogens is 1. The normalized spacial score (nSPS) is 18.0. The number of hydrogen-bond donors (Lipinski definition) is 0. The van der Waals surface area contributed by atoms with Crippen LogP contribution in [0, 0.1) is 0 Å². The average Bonchev–Trinajstić information content (AvgIpc) is 3.59. The van der Waals surface area contributed by atoms with Crippen molar-refractivity contribution in [3.8, 4) is 5.75 Å². The molecule has 1 aromatic heterocycles. The smallest absolute Gasteiger partial charge is 0.342 e. The Morgan fingerprint density at radius 2 is 1.78 bits per heavy atom. The summed E-state index contributed by atoms with van der Waals surface area (Å²) in [7, 11) is -2.45. The van der Waals surface area contributed by atoms with Crippen LogP contribution in [-0.2, 0) is 19.6 Å². The molecule has 0 radical (unpaired) electrons. The van der Waals surface area contributed by atoms with Gasteiger partial charge in [-0.1, -0.05) is 36.6 Å². The Hall–Kier alpha value is -3.67. The quantitative estimate of drug-likeness (QED) is 0.333. The van der Waals surface area contributed by atoms with Crippen LogP contribution in [0.25, 0.3) is 0 Å². The van der Waals surface area contributed by atoms with E-state index in [1.807, 2.05) is 12.1 Å². The molecule has 1 unspecified atom stereocenters. The molecule has 41 heavy (non-hydrogen) atoms. The van der Waals surface area contributed by atoms with Gasteiger partial charge in [0.1, 0.15) is 23.1 Å². The number of esters is 1. The molecule has 12 heteroatoms. The third-order valence-electron chi connectivity index (χ3n) is 7.14. The van der Waals surface area contributed by atoms with Crippen LogP contribution in [0.15, 0.2) is 75.3 Å². The molecule has 2 aliphatic heterocycles. The highest BCUT2D eigenvalue weighted by Gasteiger charge is 2.35. The Bertz CT molecular complexity index is 1530. The van der Waals surface area contributed by atoms with E-state index >= 15 is 0 Å². The summed E-state index contributed by atoms with van der Waals surface area (Å²) in [5.74, 6) is -0.796. The van der Waals surface area contributed by atoms with Gasteiger partial charge in [0.05, 0.1) is 24.0 Å². The van der Waals surface area contributed by atoms with Crippen molar-refractivity contribution in [1.82, 2.24) is 9.31 Å². The van der Waals surface area contributed by atoms with E-state index in [0.717, 1.165) is 31.2 Å². The molecule has 216 valence electrons. The third-order valence-corrected chi connectivity index (χ3v) is 9.28. The van der Waals surface area contributed by atoms with Crippen LogP contribution >= 0.6 is 11.6 Å². The lowest BCUT2D eigenvalue weighted by Gasteiger charge is -2.21. The number of furan rings is 1. The lowest BCUT2D eigenvalue weighted by molar-refractivity contribution is -0.136. The van der Waals surface area contributed by atoms with Gasteiger partial charge in [-0.25, -0.2) is 18.2 Å². The molecule has 2 aromatic carbocycles. The first-order chi connectivity index (χ1) is 19.8. The van der Waals surface area contributed by atoms with Crippen molar-refractivity contribution in [2.24, 2.45) is 5.10 Å². The van der Waals surface area contributed by atoms with E-state index in [0.29, 0.717) is 36.0 Å². The Balaban J connectivity index is 1.34. The second kappa shape index (κ2) is 12.5. The van der Waals surface area contributed by atoms with E-state index < -0.39 is 34.5 Å². The van der Waals surface area contributed by atoms with Gasteiger partial charge in [-0.3, -0.25) is 4.79 Å². The maximum absolute atomic E-state index is 13.3. The maximum atomic E-state index is 13.3. The van der Waals surface area contributed by atoms with E-state index in [4.69, 9.17) is 25.5 Å². The lowest BCUT2D eigenvalue weighted by Crippen LogP contribution is -2.32. The average molecular weight is 600 g/mol. The van der Waals surface area contributed by atoms with Crippen molar-refractivity contribution in [1.29, 1.82) is 0 Å². The van der Waals surface area contributed by atoms with Crippen LogP contribution in [0.3, 0.4) is 0 Å². The minimum atomic E-state index is -3.82. The SMILES string of the molecule is COc1ccc(S(=O)(=O)N2CCCCCC2)cc1C(=O)OCC(=O)N1N=C(c2ccc(Cl)cc2)CC1c1ccco1. The fourth-order valence-corrected chi connectivity index (χ4v) is 6.64. The van der Waals surface area contributed by atoms with Crippen molar-refractivity contribution in [2.75, 3.05) is 26.8 Å². The molecular formula is C29H30ClN3O7S. The number of hydrogen-bond acceptors (Lipinski definition) is 8. The number of nitrogens with zero attached hydrogens (tertiary/aromatic N) is 3. The second-order valence-electron chi connectivity index (χ2n) is 9.78. The lowest BCUT2D eigenvalue weighted by atomic mass is 10.0. The molecule has 3 aromatic rings. The highest BCUT2D eigenvalue weighted by atomic mass is 35.5. The van der Waals surface area contributed by atoms with Gasteiger partial charge in [-0.15, -0.1) is 0 Å². The molecule has 1 fully saturated rings. The highest BCUT2D eigenvalue weighted by Crippen LogP contribution is 2.33. The Kier molecular flexibility index (Phi) is 8.77. The molecule has 1 saturated heterocycles. The monoisotopic (exact) mass is 599 g/mol. The van der Waals surface area contributed by atoms with Gasteiger partial charge in [0, 0.05) is 24.5 Å². The van der Waals surface area contributed by atoms with Crippen LogP contribution in [-0.4, -0.2) is 62.1 Å². The molecule has 0 N–H and O–H groups in total. The minimum absolute atomic E-state index is 0.0342. The first-order valence-corrected chi connectivity index (χ1v) is 15.1. The Labute approximate surface area is 243 Å². The molecule has 0 spiro atoms. The summed E-state index contributed by atoms with van der Waals surface area (Å²) in [4.78, 5) is 26.4. The van der Waals surface area contributed by atoms with Crippen LogP contribution < -0.4 is 4.74 Å². The van der Waals surface area contributed by atoms with E-state index in [9.17, 15) is 18.0 Å². The summed E-state index contributed by atoms with van der Waals surface area (Å²) in [6.45, 7) is 0.224. The molecular weight excluding hydrogens is 570 g/mol. The van der Waals surface area contributed by atoms with Gasteiger partial charge in [0.15, 0.2) is 6.61 Å². The summed E-state index contributed by atoms with van der Waals surface area (Å²) < 4.78 is 44.3. The fraction of sp³-hybridized carbons (Fsp3) is 0.345. The van der Waals surface area contributed by atoms with Crippen LogP contribution in [0.4, 0.5) is 0 Å². The number of amides is 1. The fourth-order valence-electron chi connectivity index (χ4n) is 4.97. The zero-order chi connectivity index (χ0) is 29.0. The Morgan fingerprint density at radius 1 is 1.05 bits per heavy atom. The summed E-state index contributed by atoms with van der Waals surface area (Å²) in [5.41, 5.74) is 1.35. The van der Waals surface area contributed by atoms with Gasteiger partial charge >= 0.3 is 5.97 Å². The third kappa shape index (κ3) is 6.32. The summed E-state index contributed by atoms with van der Waals surface area (Å²) in [5, 5.41) is 6.33. The molecule has 0 bridgehead atoms. The van der Waals surface area contributed by atoms with Gasteiger partial charge in [0.2, 0.25) is 10.0 Å². The van der Waals surface area contributed by atoms with Gasteiger partial charge in [0.25, 0.3) is 5.91 Å². The van der Waals surface area contributed by atoms with Crippen molar-refractivity contribution >= 4 is 39.2 Å². The molecule has 0 aliphatic carbocycles. The second-order valence-corrected chi connectivity index (χ2v) is 12.2. The first kappa shape index (κ1) is 28.8. The first-order valence-electron chi connectivity index (χ1n) is 13.3. The molecule has 1 amide bonds. The van der Waals surface area contributed by atoms with Gasteiger partial charge < -0.3 is 13.9 Å². The van der Waals surface area contributed by atoms with Gasteiger partial charge in [-0.05, 0) is 60.9 Å². The van der Waals surface area contributed by atoms with Crippen molar-refractivity contribution in [3.63, 3.8) is 0 Å². The summed E-state index contributed by atoms with van der Waals surface area (Å²) >= 11 is 6.02. The van der Waals surface area contributed by atoms with Crippen molar-refractivity contribution in [3.05, 3.63) is 82.8 Å². The van der Waals surface area contributed by atoms with Crippen LogP contribution in [0.2, 0.25) is 5.02 Å². The van der Waals surface area contributed by atoms with Crippen LogP contribution in [0.1, 0.15) is 59.8 Å². The number of methoxy groups -OCH3 is 1.